The smallest absolute Gasteiger partial charge is 0.152 e. The second kappa shape index (κ2) is 1.74. The first-order chi connectivity index (χ1) is 4.62. The molecular formula is C6H11NO2S. The zero-order valence-electron chi connectivity index (χ0n) is 5.76. The van der Waals surface area contributed by atoms with E-state index in [9.17, 15) is 8.42 Å². The Morgan fingerprint density at radius 3 is 2.20 bits per heavy atom. The van der Waals surface area contributed by atoms with E-state index in [1.165, 1.54) is 0 Å². The van der Waals surface area contributed by atoms with Crippen molar-refractivity contribution in [2.75, 3.05) is 18.1 Å². The van der Waals surface area contributed by atoms with Crippen LogP contribution in [0.5, 0.6) is 0 Å². The monoisotopic (exact) mass is 161 g/mol. The highest BCUT2D eigenvalue weighted by Gasteiger charge is 2.45. The van der Waals surface area contributed by atoms with E-state index in [0.717, 1.165) is 19.4 Å². The van der Waals surface area contributed by atoms with Gasteiger partial charge in [0.15, 0.2) is 9.84 Å². The van der Waals surface area contributed by atoms with Crippen molar-refractivity contribution in [1.29, 1.82) is 0 Å². The van der Waals surface area contributed by atoms with E-state index in [-0.39, 0.29) is 5.54 Å². The van der Waals surface area contributed by atoms with E-state index >= 15 is 0 Å². The predicted octanol–water partition coefficient (Wildman–Crippen LogP) is -0.463. The molecule has 0 aliphatic carbocycles. The van der Waals surface area contributed by atoms with E-state index < -0.39 is 9.84 Å². The fourth-order valence-electron chi connectivity index (χ4n) is 1.73. The van der Waals surface area contributed by atoms with E-state index in [1.807, 2.05) is 0 Å². The van der Waals surface area contributed by atoms with Crippen LogP contribution >= 0.6 is 0 Å². The van der Waals surface area contributed by atoms with Gasteiger partial charge in [0.05, 0.1) is 11.5 Å². The lowest BCUT2D eigenvalue weighted by Gasteiger charge is -2.38. The van der Waals surface area contributed by atoms with Crippen LogP contribution in [0.25, 0.3) is 0 Å². The van der Waals surface area contributed by atoms with Crippen LogP contribution in [0.3, 0.4) is 0 Å². The van der Waals surface area contributed by atoms with Gasteiger partial charge in [-0.2, -0.15) is 0 Å². The molecule has 10 heavy (non-hydrogen) atoms. The molecule has 0 radical (unpaired) electrons. The summed E-state index contributed by atoms with van der Waals surface area (Å²) < 4.78 is 22.0. The summed E-state index contributed by atoms with van der Waals surface area (Å²) in [7, 11) is -2.68. The summed E-state index contributed by atoms with van der Waals surface area (Å²) in [6.07, 6.45) is 1.88. The normalized spacial score (nSPS) is 43.6. The first-order valence-electron chi connectivity index (χ1n) is 3.57. The fraction of sp³-hybridized carbons (Fsp3) is 1.00. The van der Waals surface area contributed by atoms with Gasteiger partial charge in [-0.1, -0.05) is 0 Å². The van der Waals surface area contributed by atoms with Crippen LogP contribution in [0.15, 0.2) is 0 Å². The van der Waals surface area contributed by atoms with Gasteiger partial charge < -0.3 is 5.32 Å². The van der Waals surface area contributed by atoms with E-state index in [1.54, 1.807) is 0 Å². The average Bonchev–Trinajstić information content (AvgIpc) is 2.04. The summed E-state index contributed by atoms with van der Waals surface area (Å²) >= 11 is 0. The molecule has 2 aliphatic heterocycles. The molecule has 2 saturated heterocycles. The minimum absolute atomic E-state index is 0.0127. The van der Waals surface area contributed by atoms with Gasteiger partial charge in [-0.05, 0) is 19.4 Å². The summed E-state index contributed by atoms with van der Waals surface area (Å²) in [6.45, 7) is 0.996. The summed E-state index contributed by atoms with van der Waals surface area (Å²) in [4.78, 5) is 0. The van der Waals surface area contributed by atoms with Gasteiger partial charge in [-0.25, -0.2) is 8.42 Å². The quantitative estimate of drug-likeness (QED) is 0.523. The molecule has 2 aliphatic rings. The number of hydrogen-bond acceptors (Lipinski definition) is 3. The minimum Gasteiger partial charge on any atom is -0.310 e. The summed E-state index contributed by atoms with van der Waals surface area (Å²) in [5.74, 6) is 0.764. The fourth-order valence-corrected chi connectivity index (χ4v) is 3.81. The minimum atomic E-state index is -2.68. The van der Waals surface area contributed by atoms with Gasteiger partial charge in [0.2, 0.25) is 0 Å². The molecule has 0 aromatic heterocycles. The van der Waals surface area contributed by atoms with Crippen LogP contribution < -0.4 is 5.32 Å². The van der Waals surface area contributed by atoms with Gasteiger partial charge in [0, 0.05) is 5.54 Å². The molecule has 0 amide bonds. The van der Waals surface area contributed by atoms with E-state index in [4.69, 9.17) is 0 Å². The number of nitrogens with one attached hydrogen (secondary N) is 1. The number of hydrogen-bond donors (Lipinski definition) is 1. The lowest BCUT2D eigenvalue weighted by molar-refractivity contribution is 0.241. The Balaban J connectivity index is 2.19. The molecule has 1 N–H and O–H groups in total. The molecule has 2 fully saturated rings. The molecule has 58 valence electrons. The first kappa shape index (κ1) is 6.61. The largest absolute Gasteiger partial charge is 0.310 e. The van der Waals surface area contributed by atoms with Crippen molar-refractivity contribution in [2.45, 2.75) is 18.4 Å². The molecule has 2 heterocycles. The molecule has 1 atom stereocenters. The SMILES string of the molecule is O=S1(=O)CC[C@]2(CCN2)C1. The Labute approximate surface area is 60.7 Å². The van der Waals surface area contributed by atoms with Crippen LogP contribution in [0.1, 0.15) is 12.8 Å². The first-order valence-corrected chi connectivity index (χ1v) is 5.40. The second-order valence-electron chi connectivity index (χ2n) is 3.30. The molecule has 1 spiro atoms. The molecular weight excluding hydrogens is 150 g/mol. The van der Waals surface area contributed by atoms with Crippen molar-refractivity contribution < 1.29 is 8.42 Å². The highest BCUT2D eigenvalue weighted by molar-refractivity contribution is 7.91. The summed E-state index contributed by atoms with van der Waals surface area (Å²) in [5, 5.41) is 3.20. The Morgan fingerprint density at radius 2 is 2.00 bits per heavy atom. The van der Waals surface area contributed by atoms with Crippen molar-refractivity contribution in [3.05, 3.63) is 0 Å². The van der Waals surface area contributed by atoms with Crippen molar-refractivity contribution in [1.82, 2.24) is 5.32 Å². The van der Waals surface area contributed by atoms with Crippen molar-refractivity contribution in [2.24, 2.45) is 0 Å². The number of sulfone groups is 1. The van der Waals surface area contributed by atoms with Crippen LogP contribution in [0.2, 0.25) is 0 Å². The Bertz CT molecular complexity index is 240. The zero-order chi connectivity index (χ0) is 7.24. The van der Waals surface area contributed by atoms with Crippen LogP contribution in [-0.4, -0.2) is 32.0 Å². The highest BCUT2D eigenvalue weighted by atomic mass is 32.2. The lowest BCUT2D eigenvalue weighted by Crippen LogP contribution is -2.57. The van der Waals surface area contributed by atoms with Crippen molar-refractivity contribution in [3.63, 3.8) is 0 Å². The molecule has 3 nitrogen and oxygen atoms in total. The molecule has 4 heteroatoms. The average molecular weight is 161 g/mol. The second-order valence-corrected chi connectivity index (χ2v) is 5.48. The third-order valence-corrected chi connectivity index (χ3v) is 4.31. The zero-order valence-corrected chi connectivity index (χ0v) is 6.58. The van der Waals surface area contributed by atoms with Crippen LogP contribution in [0, 0.1) is 0 Å². The van der Waals surface area contributed by atoms with Gasteiger partial charge >= 0.3 is 0 Å². The Kier molecular flexibility index (Phi) is 1.15. The van der Waals surface area contributed by atoms with Gasteiger partial charge in [-0.3, -0.25) is 0 Å². The van der Waals surface area contributed by atoms with E-state index in [0.29, 0.717) is 11.5 Å². The Morgan fingerprint density at radius 1 is 1.30 bits per heavy atom. The molecule has 0 unspecified atom stereocenters. The molecule has 0 aromatic rings. The van der Waals surface area contributed by atoms with Crippen LogP contribution in [0.4, 0.5) is 0 Å². The summed E-state index contributed by atoms with van der Waals surface area (Å²) in [6, 6.07) is 0. The van der Waals surface area contributed by atoms with Crippen molar-refractivity contribution in [3.8, 4) is 0 Å². The van der Waals surface area contributed by atoms with E-state index in [2.05, 4.69) is 5.32 Å². The predicted molar refractivity (Wildman–Crippen MR) is 38.6 cm³/mol. The maximum absolute atomic E-state index is 11.0. The maximum atomic E-state index is 11.0. The standard InChI is InChI=1S/C6H11NO2S/c8-10(9)4-2-6(5-10)1-3-7-6/h7H,1-5H2/t6-/m1/s1. The molecule has 0 bridgehead atoms. The van der Waals surface area contributed by atoms with Gasteiger partial charge in [-0.15, -0.1) is 0 Å². The Hall–Kier alpha value is -0.0900. The van der Waals surface area contributed by atoms with Crippen molar-refractivity contribution >= 4 is 9.84 Å². The topological polar surface area (TPSA) is 46.2 Å². The molecule has 0 aromatic carbocycles. The van der Waals surface area contributed by atoms with Gasteiger partial charge in [0.1, 0.15) is 0 Å². The number of rotatable bonds is 0. The lowest BCUT2D eigenvalue weighted by atomic mass is 9.88. The maximum Gasteiger partial charge on any atom is 0.152 e. The highest BCUT2D eigenvalue weighted by Crippen LogP contribution is 2.31. The van der Waals surface area contributed by atoms with Crippen LogP contribution in [-0.2, 0) is 9.84 Å². The summed E-state index contributed by atoms with van der Waals surface area (Å²) in [5.41, 5.74) is 0.0127. The van der Waals surface area contributed by atoms with Gasteiger partial charge in [0.25, 0.3) is 0 Å². The molecule has 2 rings (SSSR count). The third kappa shape index (κ3) is 0.864. The molecule has 0 saturated carbocycles. The third-order valence-electron chi connectivity index (χ3n) is 2.49.